The topological polar surface area (TPSA) is 69.7 Å². The van der Waals surface area contributed by atoms with Gasteiger partial charge in [0.15, 0.2) is 0 Å². The molecule has 0 spiro atoms. The maximum absolute atomic E-state index is 12.7. The highest BCUT2D eigenvalue weighted by molar-refractivity contribution is 5.87. The summed E-state index contributed by atoms with van der Waals surface area (Å²) in [6.45, 7) is 7.77. The molecule has 4 aliphatic carbocycles. The van der Waals surface area contributed by atoms with Gasteiger partial charge in [0.2, 0.25) is 0 Å². The van der Waals surface area contributed by atoms with Crippen LogP contribution in [0.4, 0.5) is 0 Å². The molecule has 0 amide bonds. The highest BCUT2D eigenvalue weighted by Gasteiger charge is 2.61. The number of hydrogen-bond acceptors (Lipinski definition) is 5. The molecule has 5 nitrogen and oxygen atoms in total. The van der Waals surface area contributed by atoms with E-state index in [1.807, 2.05) is 6.92 Å². The maximum atomic E-state index is 12.7. The van der Waals surface area contributed by atoms with Gasteiger partial charge in [0.1, 0.15) is 18.0 Å². The van der Waals surface area contributed by atoms with E-state index in [4.69, 9.17) is 9.47 Å². The molecule has 0 aromatic rings. The van der Waals surface area contributed by atoms with E-state index < -0.39 is 0 Å². The van der Waals surface area contributed by atoms with Crippen LogP contribution in [-0.4, -0.2) is 29.9 Å². The first-order valence-corrected chi connectivity index (χ1v) is 11.3. The number of carbonyl (C=O) groups excluding carboxylic acids is 3. The molecular formula is C24H34O5. The third kappa shape index (κ3) is 3.25. The van der Waals surface area contributed by atoms with Crippen molar-refractivity contribution in [3.63, 3.8) is 0 Å². The van der Waals surface area contributed by atoms with Crippen molar-refractivity contribution in [1.29, 1.82) is 0 Å². The number of ether oxygens (including phenoxy) is 2. The zero-order valence-electron chi connectivity index (χ0n) is 18.2. The second-order valence-corrected chi connectivity index (χ2v) is 10.1. The second kappa shape index (κ2) is 7.24. The van der Waals surface area contributed by atoms with Gasteiger partial charge < -0.3 is 9.47 Å². The van der Waals surface area contributed by atoms with Crippen LogP contribution in [0.15, 0.2) is 11.6 Å². The Labute approximate surface area is 173 Å². The first-order valence-electron chi connectivity index (χ1n) is 11.3. The van der Waals surface area contributed by atoms with Crippen molar-refractivity contribution in [3.8, 4) is 0 Å². The molecule has 4 aliphatic rings. The minimum Gasteiger partial charge on any atom is -0.462 e. The zero-order valence-corrected chi connectivity index (χ0v) is 18.2. The number of carbonyl (C=O) groups is 3. The predicted octanol–water partition coefficient (Wildman–Crippen LogP) is 4.38. The lowest BCUT2D eigenvalue weighted by molar-refractivity contribution is -0.161. The summed E-state index contributed by atoms with van der Waals surface area (Å²) >= 11 is 0. The van der Waals surface area contributed by atoms with E-state index in [2.05, 4.69) is 19.9 Å². The molecule has 3 saturated carbocycles. The quantitative estimate of drug-likeness (QED) is 0.517. The average molecular weight is 403 g/mol. The molecule has 0 bridgehead atoms. The third-order valence-corrected chi connectivity index (χ3v) is 8.66. The molecule has 29 heavy (non-hydrogen) atoms. The summed E-state index contributed by atoms with van der Waals surface area (Å²) in [5.41, 5.74) is 1.04. The fraction of sp³-hybridized carbons (Fsp3) is 0.792. The van der Waals surface area contributed by atoms with Gasteiger partial charge in [-0.25, -0.2) is 0 Å². The summed E-state index contributed by atoms with van der Waals surface area (Å²) in [6, 6.07) is 0. The number of fused-ring (bicyclic) bond motifs is 5. The van der Waals surface area contributed by atoms with Crippen LogP contribution in [0.3, 0.4) is 0 Å². The van der Waals surface area contributed by atoms with Gasteiger partial charge >= 0.3 is 11.9 Å². The van der Waals surface area contributed by atoms with E-state index in [-0.39, 0.29) is 46.8 Å². The lowest BCUT2D eigenvalue weighted by atomic mass is 9.47. The first kappa shape index (κ1) is 20.6. The van der Waals surface area contributed by atoms with Gasteiger partial charge in [-0.05, 0) is 55.4 Å². The van der Waals surface area contributed by atoms with Crippen LogP contribution in [0, 0.1) is 28.6 Å². The van der Waals surface area contributed by atoms with Gasteiger partial charge in [0.25, 0.3) is 0 Å². The van der Waals surface area contributed by atoms with Crippen molar-refractivity contribution in [2.45, 2.75) is 91.3 Å². The highest BCUT2D eigenvalue weighted by atomic mass is 16.5. The van der Waals surface area contributed by atoms with Gasteiger partial charge in [0.05, 0.1) is 0 Å². The molecule has 0 heterocycles. The van der Waals surface area contributed by atoms with Crippen molar-refractivity contribution in [2.24, 2.45) is 28.6 Å². The van der Waals surface area contributed by atoms with Crippen LogP contribution in [0.1, 0.15) is 79.1 Å². The van der Waals surface area contributed by atoms with E-state index in [0.717, 1.165) is 38.5 Å². The molecule has 0 aliphatic heterocycles. The van der Waals surface area contributed by atoms with Crippen LogP contribution in [0.5, 0.6) is 0 Å². The molecule has 0 N–H and O–H groups in total. The molecule has 0 aromatic heterocycles. The largest absolute Gasteiger partial charge is 0.462 e. The molecule has 0 radical (unpaired) electrons. The Bertz CT molecular complexity index is 754. The zero-order chi connectivity index (χ0) is 21.0. The smallest absolute Gasteiger partial charge is 0.306 e. The Morgan fingerprint density at radius 1 is 1.07 bits per heavy atom. The lowest BCUT2D eigenvalue weighted by Gasteiger charge is -2.58. The number of rotatable bonds is 3. The van der Waals surface area contributed by atoms with Crippen LogP contribution in [0.2, 0.25) is 0 Å². The Morgan fingerprint density at radius 2 is 1.76 bits per heavy atom. The van der Waals surface area contributed by atoms with Crippen molar-refractivity contribution in [3.05, 3.63) is 11.6 Å². The van der Waals surface area contributed by atoms with Gasteiger partial charge in [-0.2, -0.15) is 0 Å². The highest BCUT2D eigenvalue weighted by Crippen LogP contribution is 2.64. The Balaban J connectivity index is 1.71. The van der Waals surface area contributed by atoms with Gasteiger partial charge in [-0.15, -0.1) is 0 Å². The molecule has 160 valence electrons. The normalized spacial score (nSPS) is 43.5. The van der Waals surface area contributed by atoms with E-state index in [1.165, 1.54) is 12.5 Å². The van der Waals surface area contributed by atoms with Crippen LogP contribution in [0.25, 0.3) is 0 Å². The molecule has 0 saturated heterocycles. The summed E-state index contributed by atoms with van der Waals surface area (Å²) in [6.07, 6.45) is 8.21. The molecule has 3 fully saturated rings. The second-order valence-electron chi connectivity index (χ2n) is 10.1. The predicted molar refractivity (Wildman–Crippen MR) is 108 cm³/mol. The fourth-order valence-corrected chi connectivity index (χ4v) is 7.05. The summed E-state index contributed by atoms with van der Waals surface area (Å²) in [5, 5.41) is 0. The van der Waals surface area contributed by atoms with E-state index >= 15 is 0 Å². The SMILES string of the molecule is CCC(=O)O[C@@H]1C=C2C[C@@H](OC(C)=O)CC[C@]2(C)C2CC[C@]3(C)C(=O)CCC3C21. The Morgan fingerprint density at radius 3 is 2.45 bits per heavy atom. The van der Waals surface area contributed by atoms with Gasteiger partial charge in [-0.1, -0.05) is 26.3 Å². The van der Waals surface area contributed by atoms with E-state index in [1.54, 1.807) is 0 Å². The maximum Gasteiger partial charge on any atom is 0.306 e. The molecular weight excluding hydrogens is 368 g/mol. The number of ketones is 1. The Hall–Kier alpha value is -1.65. The van der Waals surface area contributed by atoms with Crippen LogP contribution >= 0.6 is 0 Å². The van der Waals surface area contributed by atoms with Crippen molar-refractivity contribution in [1.82, 2.24) is 0 Å². The van der Waals surface area contributed by atoms with Crippen LogP contribution < -0.4 is 0 Å². The lowest BCUT2D eigenvalue weighted by Crippen LogP contribution is -2.55. The molecule has 4 rings (SSSR count). The minimum absolute atomic E-state index is 0.0312. The first-order chi connectivity index (χ1) is 13.7. The van der Waals surface area contributed by atoms with Crippen molar-refractivity contribution >= 4 is 17.7 Å². The van der Waals surface area contributed by atoms with Gasteiger partial charge in [0, 0.05) is 37.5 Å². The number of esters is 2. The summed E-state index contributed by atoms with van der Waals surface area (Å²) in [5.74, 6) is 0.858. The monoisotopic (exact) mass is 402 g/mol. The minimum atomic E-state index is -0.276. The summed E-state index contributed by atoms with van der Waals surface area (Å²) < 4.78 is 11.5. The average Bonchev–Trinajstić information content (AvgIpc) is 2.97. The Kier molecular flexibility index (Phi) is 5.15. The van der Waals surface area contributed by atoms with Crippen molar-refractivity contribution < 1.29 is 23.9 Å². The third-order valence-electron chi connectivity index (χ3n) is 8.66. The van der Waals surface area contributed by atoms with Gasteiger partial charge in [-0.3, -0.25) is 14.4 Å². The summed E-state index contributed by atoms with van der Waals surface area (Å²) in [7, 11) is 0. The van der Waals surface area contributed by atoms with Crippen molar-refractivity contribution in [2.75, 3.05) is 0 Å². The molecule has 3 unspecified atom stereocenters. The summed E-state index contributed by atoms with van der Waals surface area (Å²) in [4.78, 5) is 36.5. The van der Waals surface area contributed by atoms with E-state index in [0.29, 0.717) is 24.5 Å². The van der Waals surface area contributed by atoms with E-state index in [9.17, 15) is 14.4 Å². The van der Waals surface area contributed by atoms with Crippen LogP contribution in [-0.2, 0) is 23.9 Å². The number of hydrogen-bond donors (Lipinski definition) is 0. The fourth-order valence-electron chi connectivity index (χ4n) is 7.05. The molecule has 5 heteroatoms. The standard InChI is InChI=1S/C24H34O5/c1-5-21(27)29-19-13-15-12-16(28-14(2)25)8-10-23(15,3)18-9-11-24(4)17(22(18)19)6-7-20(24)26/h13,16-19,22H,5-12H2,1-4H3/t16-,17?,18?,19+,22?,23-,24-/m0/s1. The number of Topliss-reactive ketones (excluding diaryl/α,β-unsaturated/α-hetero) is 1. The molecule has 0 aromatic carbocycles. The molecule has 7 atom stereocenters.